The van der Waals surface area contributed by atoms with Gasteiger partial charge < -0.3 is 4.90 Å². The van der Waals surface area contributed by atoms with E-state index >= 15 is 0 Å². The van der Waals surface area contributed by atoms with Crippen LogP contribution in [0.4, 0.5) is 17.1 Å². The second kappa shape index (κ2) is 10.8. The molecule has 0 heterocycles. The van der Waals surface area contributed by atoms with Crippen molar-refractivity contribution in [1.82, 2.24) is 0 Å². The molecule has 208 valence electrons. The molecule has 0 aliphatic heterocycles. The average molecular weight is 621 g/mol. The molecule has 0 unspecified atom stereocenters. The first kappa shape index (κ1) is 27.1. The summed E-state index contributed by atoms with van der Waals surface area (Å²) in [5, 5.41) is 0. The fourth-order valence-electron chi connectivity index (χ4n) is 6.34. The molecule has 0 N–H and O–H groups in total. The quantitative estimate of drug-likeness (QED) is 0.173. The van der Waals surface area contributed by atoms with E-state index in [0.29, 0.717) is 11.1 Å². The maximum Gasteiger partial charge on any atom is 0.196 e. The van der Waals surface area contributed by atoms with Gasteiger partial charge in [-0.15, -0.1) is 0 Å². The summed E-state index contributed by atoms with van der Waals surface area (Å²) >= 11 is 3.60. The van der Waals surface area contributed by atoms with Gasteiger partial charge in [-0.2, -0.15) is 0 Å². The maximum atomic E-state index is 14.1. The van der Waals surface area contributed by atoms with Crippen molar-refractivity contribution in [3.05, 3.63) is 172 Å². The Balaban J connectivity index is 1.41. The van der Waals surface area contributed by atoms with Crippen LogP contribution in [0.15, 0.2) is 150 Å². The van der Waals surface area contributed by atoms with Crippen molar-refractivity contribution in [3.8, 4) is 22.3 Å². The Kier molecular flexibility index (Phi) is 6.83. The standard InChI is InChI=1S/C40H30BrNO/c1-40(2)35-17-9-6-14-31(35)32-25-24-30(26-36(32)40)42(29-22-20-28(21-23-29)27-12-4-3-5-13-27)38-19-11-8-16-34(38)39(43)33-15-7-10-18-37(33)41/h3-26H,1-2H3. The van der Waals surface area contributed by atoms with Gasteiger partial charge in [-0.25, -0.2) is 0 Å². The topological polar surface area (TPSA) is 20.3 Å². The normalized spacial score (nSPS) is 12.8. The summed E-state index contributed by atoms with van der Waals surface area (Å²) in [6.07, 6.45) is 0. The number of benzene rings is 6. The first-order valence-corrected chi connectivity index (χ1v) is 15.3. The maximum absolute atomic E-state index is 14.1. The zero-order valence-electron chi connectivity index (χ0n) is 24.1. The summed E-state index contributed by atoms with van der Waals surface area (Å²) in [5.41, 5.74) is 11.5. The number of anilines is 3. The van der Waals surface area contributed by atoms with Crippen molar-refractivity contribution >= 4 is 38.8 Å². The molecule has 6 aromatic rings. The van der Waals surface area contributed by atoms with Crippen molar-refractivity contribution < 1.29 is 4.79 Å². The SMILES string of the molecule is CC1(C)c2ccccc2-c2ccc(N(c3ccc(-c4ccccc4)cc3)c3ccccc3C(=O)c3ccccc3Br)cc21. The molecule has 6 aromatic carbocycles. The van der Waals surface area contributed by atoms with Crippen molar-refractivity contribution in [2.24, 2.45) is 0 Å². The highest BCUT2D eigenvalue weighted by Gasteiger charge is 2.36. The number of hydrogen-bond donors (Lipinski definition) is 0. The average Bonchev–Trinajstić information content (AvgIpc) is 3.28. The highest BCUT2D eigenvalue weighted by Crippen LogP contribution is 2.50. The zero-order valence-corrected chi connectivity index (χ0v) is 25.7. The van der Waals surface area contributed by atoms with E-state index in [9.17, 15) is 4.79 Å². The van der Waals surface area contributed by atoms with Crippen LogP contribution in [-0.4, -0.2) is 5.78 Å². The summed E-state index contributed by atoms with van der Waals surface area (Å²) in [7, 11) is 0. The molecule has 0 saturated carbocycles. The molecule has 1 aliphatic carbocycles. The summed E-state index contributed by atoms with van der Waals surface area (Å²) in [4.78, 5) is 16.3. The molecular formula is C40H30BrNO. The Morgan fingerprint density at radius 2 is 1.14 bits per heavy atom. The third kappa shape index (κ3) is 4.70. The molecule has 3 heteroatoms. The van der Waals surface area contributed by atoms with Gasteiger partial charge in [0.1, 0.15) is 0 Å². The minimum absolute atomic E-state index is 0.0251. The Morgan fingerprint density at radius 3 is 1.91 bits per heavy atom. The first-order valence-electron chi connectivity index (χ1n) is 14.5. The Labute approximate surface area is 261 Å². The van der Waals surface area contributed by atoms with Crippen LogP contribution in [0.2, 0.25) is 0 Å². The van der Waals surface area contributed by atoms with Crippen molar-refractivity contribution in [3.63, 3.8) is 0 Å². The van der Waals surface area contributed by atoms with Gasteiger partial charge in [0.05, 0.1) is 5.69 Å². The van der Waals surface area contributed by atoms with E-state index in [1.807, 2.05) is 54.6 Å². The zero-order chi connectivity index (χ0) is 29.6. The molecule has 2 nitrogen and oxygen atoms in total. The van der Waals surface area contributed by atoms with Crippen LogP contribution < -0.4 is 4.90 Å². The van der Waals surface area contributed by atoms with Gasteiger partial charge in [-0.3, -0.25) is 4.79 Å². The van der Waals surface area contributed by atoms with E-state index in [4.69, 9.17) is 0 Å². The number of rotatable bonds is 6. The molecule has 0 amide bonds. The first-order chi connectivity index (χ1) is 20.9. The van der Waals surface area contributed by atoms with Crippen molar-refractivity contribution in [2.75, 3.05) is 4.90 Å². The number of carbonyl (C=O) groups is 1. The number of fused-ring (bicyclic) bond motifs is 3. The Hall–Kier alpha value is -4.73. The monoisotopic (exact) mass is 619 g/mol. The fourth-order valence-corrected chi connectivity index (χ4v) is 6.81. The molecule has 0 bridgehead atoms. The lowest BCUT2D eigenvalue weighted by atomic mass is 9.82. The molecular weight excluding hydrogens is 590 g/mol. The van der Waals surface area contributed by atoms with Crippen LogP contribution in [0.3, 0.4) is 0 Å². The number of halogens is 1. The Bertz CT molecular complexity index is 1980. The molecule has 0 atom stereocenters. The molecule has 0 aromatic heterocycles. The predicted molar refractivity (Wildman–Crippen MR) is 182 cm³/mol. The van der Waals surface area contributed by atoms with Gasteiger partial charge in [0.15, 0.2) is 5.78 Å². The summed E-state index contributed by atoms with van der Waals surface area (Å²) in [6, 6.07) is 50.0. The number of carbonyl (C=O) groups excluding carboxylic acids is 1. The summed E-state index contributed by atoms with van der Waals surface area (Å²) < 4.78 is 0.783. The van der Waals surface area contributed by atoms with Gasteiger partial charge in [0, 0.05) is 32.4 Å². The van der Waals surface area contributed by atoms with E-state index in [0.717, 1.165) is 27.1 Å². The van der Waals surface area contributed by atoms with E-state index < -0.39 is 0 Å². The molecule has 0 fully saturated rings. The van der Waals surface area contributed by atoms with E-state index in [-0.39, 0.29) is 11.2 Å². The molecule has 1 aliphatic rings. The molecule has 7 rings (SSSR count). The van der Waals surface area contributed by atoms with E-state index in [1.54, 1.807) is 0 Å². The highest BCUT2D eigenvalue weighted by molar-refractivity contribution is 9.10. The van der Waals surface area contributed by atoms with Crippen LogP contribution in [-0.2, 0) is 5.41 Å². The second-order valence-corrected chi connectivity index (χ2v) is 12.3. The lowest BCUT2D eigenvalue weighted by Crippen LogP contribution is -2.18. The van der Waals surface area contributed by atoms with Crippen LogP contribution in [0, 0.1) is 0 Å². The number of nitrogens with zero attached hydrogens (tertiary/aromatic N) is 1. The largest absolute Gasteiger partial charge is 0.310 e. The molecule has 0 saturated heterocycles. The minimum Gasteiger partial charge on any atom is -0.310 e. The third-order valence-corrected chi connectivity index (χ3v) is 9.26. The number of hydrogen-bond acceptors (Lipinski definition) is 2. The van der Waals surface area contributed by atoms with Crippen LogP contribution in [0.5, 0.6) is 0 Å². The number of ketones is 1. The third-order valence-electron chi connectivity index (χ3n) is 8.57. The Morgan fingerprint density at radius 1 is 0.558 bits per heavy atom. The van der Waals surface area contributed by atoms with Crippen molar-refractivity contribution in [1.29, 1.82) is 0 Å². The van der Waals surface area contributed by atoms with Gasteiger partial charge in [0.2, 0.25) is 0 Å². The van der Waals surface area contributed by atoms with E-state index in [1.165, 1.54) is 27.8 Å². The van der Waals surface area contributed by atoms with Gasteiger partial charge in [-0.05, 0) is 81.9 Å². The van der Waals surface area contributed by atoms with Crippen molar-refractivity contribution in [2.45, 2.75) is 19.3 Å². The van der Waals surface area contributed by atoms with E-state index in [2.05, 4.69) is 126 Å². The smallest absolute Gasteiger partial charge is 0.196 e. The predicted octanol–water partition coefficient (Wildman–Crippen LogP) is 11.1. The summed E-state index contributed by atoms with van der Waals surface area (Å²) in [5.74, 6) is -0.0251. The van der Waals surface area contributed by atoms with Gasteiger partial charge in [0.25, 0.3) is 0 Å². The lowest BCUT2D eigenvalue weighted by Gasteiger charge is -2.29. The molecule has 0 radical (unpaired) electrons. The van der Waals surface area contributed by atoms with Gasteiger partial charge in [-0.1, -0.05) is 127 Å². The van der Waals surface area contributed by atoms with Gasteiger partial charge >= 0.3 is 0 Å². The van der Waals surface area contributed by atoms with Crippen LogP contribution in [0.25, 0.3) is 22.3 Å². The highest BCUT2D eigenvalue weighted by atomic mass is 79.9. The van der Waals surface area contributed by atoms with Crippen LogP contribution in [0.1, 0.15) is 40.9 Å². The second-order valence-electron chi connectivity index (χ2n) is 11.5. The lowest BCUT2D eigenvalue weighted by molar-refractivity contribution is 0.103. The minimum atomic E-state index is -0.144. The molecule has 43 heavy (non-hydrogen) atoms. The van der Waals surface area contributed by atoms with Crippen LogP contribution >= 0.6 is 15.9 Å². The fraction of sp³-hybridized carbons (Fsp3) is 0.0750. The molecule has 0 spiro atoms. The summed E-state index contributed by atoms with van der Waals surface area (Å²) in [6.45, 7) is 4.59. The number of para-hydroxylation sites is 1.